The number of carbonyl (C=O) groups is 1. The molecule has 1 saturated heterocycles. The lowest BCUT2D eigenvalue weighted by Crippen LogP contribution is -2.47. The molecule has 0 atom stereocenters. The first kappa shape index (κ1) is 17.5. The molecule has 1 aliphatic heterocycles. The topological polar surface area (TPSA) is 88.5 Å². The minimum absolute atomic E-state index is 0.449. The summed E-state index contributed by atoms with van der Waals surface area (Å²) < 4.78 is 0. The quantitative estimate of drug-likeness (QED) is 0.859. The van der Waals surface area contributed by atoms with Crippen LogP contribution in [0.4, 0.5) is 11.5 Å². The third kappa shape index (κ3) is 2.93. The van der Waals surface area contributed by atoms with Crippen molar-refractivity contribution in [3.63, 3.8) is 0 Å². The third-order valence-electron chi connectivity index (χ3n) is 5.61. The van der Waals surface area contributed by atoms with Gasteiger partial charge in [0.1, 0.15) is 15.5 Å². The predicted molar refractivity (Wildman–Crippen MR) is 108 cm³/mol. The zero-order valence-electron chi connectivity index (χ0n) is 15.4. The fraction of sp³-hybridized carbons (Fsp3) is 0.579. The largest absolute Gasteiger partial charge is 0.397 e. The molecule has 2 aromatic rings. The molecule has 1 amide bonds. The number of piperazine rings is 1. The van der Waals surface area contributed by atoms with Gasteiger partial charge in [-0.3, -0.25) is 9.69 Å². The van der Waals surface area contributed by atoms with Gasteiger partial charge in [-0.25, -0.2) is 4.98 Å². The first-order valence-electron chi connectivity index (χ1n) is 9.61. The van der Waals surface area contributed by atoms with Gasteiger partial charge in [0.25, 0.3) is 5.91 Å². The van der Waals surface area contributed by atoms with Crippen LogP contribution in [0.15, 0.2) is 0 Å². The summed E-state index contributed by atoms with van der Waals surface area (Å²) >= 11 is 1.34. The number of hydrogen-bond donors (Lipinski definition) is 2. The Bertz CT molecular complexity index is 838. The number of aromatic nitrogens is 1. The third-order valence-corrected chi connectivity index (χ3v) is 6.72. The van der Waals surface area contributed by atoms with Gasteiger partial charge < -0.3 is 16.4 Å². The average Bonchev–Trinajstić information content (AvgIpc) is 2.99. The number of amides is 1. The summed E-state index contributed by atoms with van der Waals surface area (Å²) in [4.78, 5) is 23.0. The highest BCUT2D eigenvalue weighted by Gasteiger charge is 2.27. The lowest BCUT2D eigenvalue weighted by Gasteiger charge is -2.37. The number of hydrogen-bond acceptors (Lipinski definition) is 6. The van der Waals surface area contributed by atoms with Gasteiger partial charge in [0.2, 0.25) is 0 Å². The van der Waals surface area contributed by atoms with E-state index in [2.05, 4.69) is 16.7 Å². The molecule has 2 aromatic heterocycles. The number of carbonyl (C=O) groups excluding carboxylic acids is 1. The molecule has 6 nitrogen and oxygen atoms in total. The van der Waals surface area contributed by atoms with E-state index in [1.54, 1.807) is 0 Å². The number of fused-ring (bicyclic) bond motifs is 3. The summed E-state index contributed by atoms with van der Waals surface area (Å²) in [5, 5.41) is 0.979. The Hall–Kier alpha value is -1.86. The van der Waals surface area contributed by atoms with Crippen LogP contribution in [0, 0.1) is 0 Å². The van der Waals surface area contributed by atoms with Crippen LogP contribution in [-0.4, -0.2) is 48.5 Å². The van der Waals surface area contributed by atoms with E-state index in [1.165, 1.54) is 41.9 Å². The number of primary amides is 1. The first-order valence-corrected chi connectivity index (χ1v) is 10.4. The van der Waals surface area contributed by atoms with Gasteiger partial charge >= 0.3 is 0 Å². The maximum atomic E-state index is 11.8. The number of anilines is 2. The molecule has 2 aliphatic rings. The fourth-order valence-electron chi connectivity index (χ4n) is 4.34. The van der Waals surface area contributed by atoms with E-state index in [1.807, 2.05) is 0 Å². The van der Waals surface area contributed by atoms with Crippen molar-refractivity contribution < 1.29 is 4.79 Å². The molecule has 7 heteroatoms. The number of thiophene rings is 1. The summed E-state index contributed by atoms with van der Waals surface area (Å²) in [6, 6.07) is 0. The second kappa shape index (κ2) is 7.04. The second-order valence-corrected chi connectivity index (χ2v) is 8.32. The zero-order chi connectivity index (χ0) is 18.3. The van der Waals surface area contributed by atoms with Crippen molar-refractivity contribution >= 4 is 39.0 Å². The number of nitrogen functional groups attached to an aromatic ring is 1. The molecular formula is C19H27N5OS. The number of nitrogens with two attached hydrogens (primary N) is 2. The van der Waals surface area contributed by atoms with E-state index in [0.29, 0.717) is 10.6 Å². The highest BCUT2D eigenvalue weighted by molar-refractivity contribution is 7.21. The summed E-state index contributed by atoms with van der Waals surface area (Å²) in [7, 11) is 0. The minimum atomic E-state index is -0.454. The van der Waals surface area contributed by atoms with Gasteiger partial charge in [0, 0.05) is 31.6 Å². The summed E-state index contributed by atoms with van der Waals surface area (Å²) in [6.45, 7) is 7.59. The number of rotatable bonds is 4. The standard InChI is InChI=1S/C19H27N5OS/c1-2-7-23-8-10-24(11-9-23)18-13-6-4-3-5-12(13)14-15(20)16(17(21)25)26-19(14)22-18/h2-11,20H2,1H3,(H2,21,25). The van der Waals surface area contributed by atoms with E-state index in [-0.39, 0.29) is 0 Å². The van der Waals surface area contributed by atoms with E-state index < -0.39 is 5.91 Å². The Morgan fingerprint density at radius 1 is 1.15 bits per heavy atom. The van der Waals surface area contributed by atoms with Crippen LogP contribution in [0.2, 0.25) is 0 Å². The monoisotopic (exact) mass is 373 g/mol. The maximum absolute atomic E-state index is 11.8. The Kier molecular flexibility index (Phi) is 4.75. The van der Waals surface area contributed by atoms with Crippen molar-refractivity contribution in [1.82, 2.24) is 9.88 Å². The number of nitrogens with zero attached hydrogens (tertiary/aromatic N) is 3. The van der Waals surface area contributed by atoms with Crippen molar-refractivity contribution in [3.8, 4) is 0 Å². The van der Waals surface area contributed by atoms with E-state index in [9.17, 15) is 4.79 Å². The van der Waals surface area contributed by atoms with E-state index in [0.717, 1.165) is 61.5 Å². The van der Waals surface area contributed by atoms with Crippen molar-refractivity contribution in [2.24, 2.45) is 5.73 Å². The van der Waals surface area contributed by atoms with Crippen LogP contribution in [0.25, 0.3) is 10.2 Å². The van der Waals surface area contributed by atoms with Gasteiger partial charge in [0.05, 0.1) is 5.69 Å². The normalized spacial score (nSPS) is 18.3. The second-order valence-electron chi connectivity index (χ2n) is 7.32. The Morgan fingerprint density at radius 3 is 2.50 bits per heavy atom. The molecule has 1 aliphatic carbocycles. The van der Waals surface area contributed by atoms with Crippen LogP contribution in [0.3, 0.4) is 0 Å². The predicted octanol–water partition coefficient (Wildman–Crippen LogP) is 2.39. The first-order chi connectivity index (χ1) is 12.6. The van der Waals surface area contributed by atoms with Crippen LogP contribution >= 0.6 is 11.3 Å². The molecule has 0 unspecified atom stereocenters. The lowest BCUT2D eigenvalue weighted by atomic mass is 9.89. The Balaban J connectivity index is 1.77. The van der Waals surface area contributed by atoms with Gasteiger partial charge in [-0.05, 0) is 49.8 Å². The zero-order valence-corrected chi connectivity index (χ0v) is 16.2. The van der Waals surface area contributed by atoms with Crippen molar-refractivity contribution in [2.45, 2.75) is 39.0 Å². The van der Waals surface area contributed by atoms with Gasteiger partial charge in [0.15, 0.2) is 0 Å². The van der Waals surface area contributed by atoms with Crippen LogP contribution in [0.5, 0.6) is 0 Å². The summed E-state index contributed by atoms with van der Waals surface area (Å²) in [5.74, 6) is 0.658. The molecule has 0 radical (unpaired) electrons. The van der Waals surface area contributed by atoms with E-state index >= 15 is 0 Å². The van der Waals surface area contributed by atoms with Crippen molar-refractivity contribution in [2.75, 3.05) is 43.4 Å². The maximum Gasteiger partial charge on any atom is 0.260 e. The van der Waals surface area contributed by atoms with Crippen molar-refractivity contribution in [3.05, 3.63) is 16.0 Å². The van der Waals surface area contributed by atoms with Crippen LogP contribution in [0.1, 0.15) is 47.0 Å². The summed E-state index contributed by atoms with van der Waals surface area (Å²) in [5.41, 5.74) is 15.0. The number of pyridine rings is 1. The minimum Gasteiger partial charge on any atom is -0.397 e. The Labute approximate surface area is 158 Å². The highest BCUT2D eigenvalue weighted by Crippen LogP contribution is 2.42. The average molecular weight is 374 g/mol. The lowest BCUT2D eigenvalue weighted by molar-refractivity contribution is 0.100. The number of aryl methyl sites for hydroxylation is 1. The molecule has 0 saturated carbocycles. The molecular weight excluding hydrogens is 346 g/mol. The molecule has 26 heavy (non-hydrogen) atoms. The molecule has 4 rings (SSSR count). The molecule has 0 aromatic carbocycles. The summed E-state index contributed by atoms with van der Waals surface area (Å²) in [6.07, 6.45) is 5.61. The molecule has 0 spiro atoms. The smallest absolute Gasteiger partial charge is 0.260 e. The molecule has 1 fully saturated rings. The molecule has 3 heterocycles. The molecule has 4 N–H and O–H groups in total. The van der Waals surface area contributed by atoms with Crippen LogP contribution in [-0.2, 0) is 12.8 Å². The van der Waals surface area contributed by atoms with Crippen molar-refractivity contribution in [1.29, 1.82) is 0 Å². The van der Waals surface area contributed by atoms with E-state index in [4.69, 9.17) is 16.5 Å². The van der Waals surface area contributed by atoms with Gasteiger partial charge in [-0.15, -0.1) is 11.3 Å². The fourth-order valence-corrected chi connectivity index (χ4v) is 5.31. The SMILES string of the molecule is CCCN1CCN(c2nc3sc(C(N)=O)c(N)c3c3c2CCCC3)CC1. The molecule has 140 valence electrons. The van der Waals surface area contributed by atoms with Gasteiger partial charge in [-0.2, -0.15) is 0 Å². The van der Waals surface area contributed by atoms with Crippen LogP contribution < -0.4 is 16.4 Å². The Morgan fingerprint density at radius 2 is 1.85 bits per heavy atom. The highest BCUT2D eigenvalue weighted by atomic mass is 32.1. The molecule has 0 bridgehead atoms. The van der Waals surface area contributed by atoms with Gasteiger partial charge in [-0.1, -0.05) is 6.92 Å².